The molecule has 19 heavy (non-hydrogen) atoms. The third-order valence-electron chi connectivity index (χ3n) is 3.36. The number of hydrogen-bond donors (Lipinski definition) is 2. The number of nitrogens with zero attached hydrogens (tertiary/aromatic N) is 1. The lowest BCUT2D eigenvalue weighted by molar-refractivity contribution is -0.133. The van der Waals surface area contributed by atoms with E-state index >= 15 is 0 Å². The van der Waals surface area contributed by atoms with Crippen molar-refractivity contribution in [3.8, 4) is 0 Å². The van der Waals surface area contributed by atoms with Crippen LogP contribution < -0.4 is 11.1 Å². The highest BCUT2D eigenvalue weighted by Crippen LogP contribution is 2.27. The van der Waals surface area contributed by atoms with Gasteiger partial charge in [-0.2, -0.15) is 0 Å². The van der Waals surface area contributed by atoms with Crippen molar-refractivity contribution >= 4 is 29.1 Å². The first-order valence-corrected chi connectivity index (χ1v) is 6.37. The first-order chi connectivity index (χ1) is 8.85. The molecule has 0 saturated carbocycles. The van der Waals surface area contributed by atoms with E-state index in [-0.39, 0.29) is 17.4 Å². The molecule has 102 valence electrons. The lowest BCUT2D eigenvalue weighted by Gasteiger charge is -2.41. The Morgan fingerprint density at radius 1 is 1.47 bits per heavy atom. The number of anilines is 1. The van der Waals surface area contributed by atoms with Gasteiger partial charge in [-0.1, -0.05) is 17.7 Å². The molecular weight excluding hydrogens is 266 g/mol. The van der Waals surface area contributed by atoms with Crippen molar-refractivity contribution in [2.45, 2.75) is 19.4 Å². The standard InChI is InChI=1S/C13H16ClN3O2/c1-13(2)12(19)16-6-7-17(13)11(18)10-8(14)4-3-5-9(10)15/h3-5H,6-7,15H2,1-2H3,(H,16,19). The van der Waals surface area contributed by atoms with Gasteiger partial charge >= 0.3 is 0 Å². The molecule has 2 rings (SSSR count). The monoisotopic (exact) mass is 281 g/mol. The minimum absolute atomic E-state index is 0.183. The van der Waals surface area contributed by atoms with Crippen molar-refractivity contribution < 1.29 is 9.59 Å². The second kappa shape index (κ2) is 4.74. The second-order valence-corrected chi connectivity index (χ2v) is 5.38. The van der Waals surface area contributed by atoms with E-state index in [1.54, 1.807) is 32.0 Å². The highest BCUT2D eigenvalue weighted by molar-refractivity contribution is 6.34. The summed E-state index contributed by atoms with van der Waals surface area (Å²) in [5.41, 5.74) is 5.48. The zero-order chi connectivity index (χ0) is 14.2. The van der Waals surface area contributed by atoms with Gasteiger partial charge in [0.2, 0.25) is 5.91 Å². The van der Waals surface area contributed by atoms with Crippen molar-refractivity contribution in [1.82, 2.24) is 10.2 Å². The number of amides is 2. The van der Waals surface area contributed by atoms with Crippen molar-refractivity contribution in [3.05, 3.63) is 28.8 Å². The molecule has 1 aromatic carbocycles. The van der Waals surface area contributed by atoms with Gasteiger partial charge in [0.1, 0.15) is 5.54 Å². The van der Waals surface area contributed by atoms with Crippen LogP contribution in [0.2, 0.25) is 5.02 Å². The Morgan fingerprint density at radius 2 is 2.16 bits per heavy atom. The first kappa shape index (κ1) is 13.7. The van der Waals surface area contributed by atoms with Crippen LogP contribution in [-0.4, -0.2) is 35.3 Å². The Morgan fingerprint density at radius 3 is 2.79 bits per heavy atom. The highest BCUT2D eigenvalue weighted by Gasteiger charge is 2.41. The van der Waals surface area contributed by atoms with Crippen molar-refractivity contribution in [2.24, 2.45) is 0 Å². The summed E-state index contributed by atoms with van der Waals surface area (Å²) in [6, 6.07) is 4.92. The van der Waals surface area contributed by atoms with E-state index in [0.29, 0.717) is 23.8 Å². The van der Waals surface area contributed by atoms with Gasteiger partial charge in [0.25, 0.3) is 5.91 Å². The summed E-state index contributed by atoms with van der Waals surface area (Å²) in [7, 11) is 0. The van der Waals surface area contributed by atoms with Gasteiger partial charge in [0.05, 0.1) is 10.6 Å². The molecule has 0 aromatic heterocycles. The zero-order valence-corrected chi connectivity index (χ0v) is 11.6. The van der Waals surface area contributed by atoms with Crippen LogP contribution >= 0.6 is 11.6 Å². The van der Waals surface area contributed by atoms with Crippen LogP contribution in [0, 0.1) is 0 Å². The minimum Gasteiger partial charge on any atom is -0.398 e. The van der Waals surface area contributed by atoms with Gasteiger partial charge in [-0.15, -0.1) is 0 Å². The second-order valence-electron chi connectivity index (χ2n) is 4.98. The number of rotatable bonds is 1. The summed E-state index contributed by atoms with van der Waals surface area (Å²) in [5, 5.41) is 3.04. The molecule has 0 atom stereocenters. The average molecular weight is 282 g/mol. The smallest absolute Gasteiger partial charge is 0.258 e. The number of carbonyl (C=O) groups is 2. The number of halogens is 1. The van der Waals surface area contributed by atoms with E-state index < -0.39 is 5.54 Å². The van der Waals surface area contributed by atoms with Gasteiger partial charge in [0, 0.05) is 18.8 Å². The minimum atomic E-state index is -0.916. The van der Waals surface area contributed by atoms with Crippen LogP contribution in [-0.2, 0) is 4.79 Å². The largest absolute Gasteiger partial charge is 0.398 e. The lowest BCUT2D eigenvalue weighted by Crippen LogP contribution is -2.63. The molecule has 0 aliphatic carbocycles. The van der Waals surface area contributed by atoms with E-state index in [4.69, 9.17) is 17.3 Å². The molecule has 0 unspecified atom stereocenters. The first-order valence-electron chi connectivity index (χ1n) is 6.00. The van der Waals surface area contributed by atoms with Crippen LogP contribution in [0.3, 0.4) is 0 Å². The number of carbonyl (C=O) groups excluding carboxylic acids is 2. The fraction of sp³-hybridized carbons (Fsp3) is 0.385. The van der Waals surface area contributed by atoms with Crippen LogP contribution in [0.25, 0.3) is 0 Å². The molecule has 1 aromatic rings. The highest BCUT2D eigenvalue weighted by atomic mass is 35.5. The number of piperazine rings is 1. The van der Waals surface area contributed by atoms with Crippen LogP contribution in [0.4, 0.5) is 5.69 Å². The summed E-state index contributed by atoms with van der Waals surface area (Å²) in [4.78, 5) is 26.0. The number of benzene rings is 1. The molecule has 2 amide bonds. The lowest BCUT2D eigenvalue weighted by atomic mass is 9.97. The van der Waals surface area contributed by atoms with Gasteiger partial charge in [-0.3, -0.25) is 9.59 Å². The fourth-order valence-corrected chi connectivity index (χ4v) is 2.42. The summed E-state index contributed by atoms with van der Waals surface area (Å²) in [6.45, 7) is 4.26. The maximum atomic E-state index is 12.6. The number of hydrogen-bond acceptors (Lipinski definition) is 3. The quantitative estimate of drug-likeness (QED) is 0.761. The van der Waals surface area contributed by atoms with E-state index in [1.807, 2.05) is 0 Å². The molecule has 3 N–H and O–H groups in total. The molecule has 6 heteroatoms. The molecule has 1 fully saturated rings. The van der Waals surface area contributed by atoms with Gasteiger partial charge in [-0.05, 0) is 26.0 Å². The molecule has 1 aliphatic rings. The predicted octanol–water partition coefficient (Wildman–Crippen LogP) is 1.27. The summed E-state index contributed by atoms with van der Waals surface area (Å²) < 4.78 is 0. The van der Waals surface area contributed by atoms with Gasteiger partial charge < -0.3 is 16.0 Å². The molecule has 5 nitrogen and oxygen atoms in total. The Kier molecular flexibility index (Phi) is 3.41. The molecule has 1 aliphatic heterocycles. The van der Waals surface area contributed by atoms with Gasteiger partial charge in [-0.25, -0.2) is 0 Å². The maximum absolute atomic E-state index is 12.6. The molecule has 1 saturated heterocycles. The SMILES string of the molecule is CC1(C)C(=O)NCCN1C(=O)c1c(N)cccc1Cl. The van der Waals surface area contributed by atoms with E-state index in [2.05, 4.69) is 5.32 Å². The van der Waals surface area contributed by atoms with Crippen molar-refractivity contribution in [1.29, 1.82) is 0 Å². The van der Waals surface area contributed by atoms with Crippen LogP contribution in [0.15, 0.2) is 18.2 Å². The number of nitrogens with one attached hydrogen (secondary N) is 1. The third kappa shape index (κ3) is 2.26. The fourth-order valence-electron chi connectivity index (χ4n) is 2.16. The Balaban J connectivity index is 2.41. The third-order valence-corrected chi connectivity index (χ3v) is 3.67. The Hall–Kier alpha value is -1.75. The van der Waals surface area contributed by atoms with E-state index in [0.717, 1.165) is 0 Å². The van der Waals surface area contributed by atoms with E-state index in [9.17, 15) is 9.59 Å². The maximum Gasteiger partial charge on any atom is 0.258 e. The predicted molar refractivity (Wildman–Crippen MR) is 74.0 cm³/mol. The van der Waals surface area contributed by atoms with E-state index in [1.165, 1.54) is 4.90 Å². The summed E-state index contributed by atoms with van der Waals surface area (Å²) >= 11 is 6.05. The van der Waals surface area contributed by atoms with Crippen LogP contribution in [0.1, 0.15) is 24.2 Å². The number of nitrogens with two attached hydrogens (primary N) is 1. The molecule has 0 radical (unpaired) electrons. The van der Waals surface area contributed by atoms with Gasteiger partial charge in [0.15, 0.2) is 0 Å². The van der Waals surface area contributed by atoms with Crippen LogP contribution in [0.5, 0.6) is 0 Å². The molecule has 0 spiro atoms. The van der Waals surface area contributed by atoms with Crippen molar-refractivity contribution in [2.75, 3.05) is 18.8 Å². The summed E-state index contributed by atoms with van der Waals surface area (Å²) in [5.74, 6) is -0.499. The summed E-state index contributed by atoms with van der Waals surface area (Å²) in [6.07, 6.45) is 0. The Bertz CT molecular complexity index is 522. The average Bonchev–Trinajstić information content (AvgIpc) is 2.32. The number of nitrogen functional groups attached to an aromatic ring is 1. The topological polar surface area (TPSA) is 75.4 Å². The zero-order valence-electron chi connectivity index (χ0n) is 10.9. The molecule has 1 heterocycles. The molecule has 0 bridgehead atoms. The Labute approximate surface area is 116 Å². The normalized spacial score (nSPS) is 18.1. The van der Waals surface area contributed by atoms with Crippen molar-refractivity contribution in [3.63, 3.8) is 0 Å². The molecular formula is C13H16ClN3O2.